The zero-order chi connectivity index (χ0) is 74.7. The molecule has 112 heavy (non-hydrogen) atoms. The van der Waals surface area contributed by atoms with Crippen LogP contribution in [0.15, 0.2) is 352 Å². The SMILES string of the molecule is Cc1cc(-c2ccc3sc4cccnc4c3c2)ccc1-c1ccc(-n2c3ccccc3c3ccccc32)cc1C.Cc1cc(-n2c3ccccc3c3ccccc32)c(C)cc1-c1ccc2sc3cccnc3c2c1.c1ccc(-c2cc(-c3cccc4c3sc3cccnc34)cc(-n3c4ccccc4c4ccccc43)c2)cc1. The molecule has 0 bridgehead atoms. The number of rotatable bonds is 8. The van der Waals surface area contributed by atoms with Crippen molar-refractivity contribution in [2.24, 2.45) is 0 Å². The van der Waals surface area contributed by atoms with E-state index in [0.717, 1.165) is 22.2 Å². The van der Waals surface area contributed by atoms with Gasteiger partial charge in [-0.3, -0.25) is 15.0 Å². The molecule has 14 aromatic carbocycles. The fourth-order valence-electron chi connectivity index (χ4n) is 17.3. The Hall–Kier alpha value is -13.4. The van der Waals surface area contributed by atoms with Crippen LogP contribution in [-0.2, 0) is 0 Å². The Kier molecular flexibility index (Phi) is 16.3. The topological polar surface area (TPSA) is 53.5 Å². The number of benzene rings is 14. The minimum Gasteiger partial charge on any atom is -0.309 e. The molecule has 530 valence electrons. The summed E-state index contributed by atoms with van der Waals surface area (Å²) in [5, 5.41) is 11.4. The van der Waals surface area contributed by atoms with Gasteiger partial charge in [-0.25, -0.2) is 0 Å². The van der Waals surface area contributed by atoms with Crippen molar-refractivity contribution in [1.29, 1.82) is 0 Å². The summed E-state index contributed by atoms with van der Waals surface area (Å²) in [7, 11) is 0. The molecule has 0 atom stereocenters. The van der Waals surface area contributed by atoms with Crippen LogP contribution >= 0.6 is 34.0 Å². The van der Waals surface area contributed by atoms with E-state index in [2.05, 4.69) is 367 Å². The molecule has 0 unspecified atom stereocenters. The maximum absolute atomic E-state index is 4.70. The van der Waals surface area contributed by atoms with Crippen LogP contribution in [0, 0.1) is 27.7 Å². The van der Waals surface area contributed by atoms with Gasteiger partial charge in [0.1, 0.15) is 0 Å². The van der Waals surface area contributed by atoms with Crippen LogP contribution in [0.1, 0.15) is 22.3 Å². The Morgan fingerprint density at radius 2 is 0.634 bits per heavy atom. The third-order valence-corrected chi connectivity index (χ3v) is 25.9. The molecule has 6 nitrogen and oxygen atoms in total. The van der Waals surface area contributed by atoms with E-state index < -0.39 is 0 Å². The van der Waals surface area contributed by atoms with Gasteiger partial charge in [-0.2, -0.15) is 0 Å². The first kappa shape index (κ1) is 66.8. The van der Waals surface area contributed by atoms with Crippen molar-refractivity contribution in [3.8, 4) is 72.7 Å². The average molecular weight is 1490 g/mol. The van der Waals surface area contributed by atoms with Crippen molar-refractivity contribution in [2.45, 2.75) is 27.7 Å². The number of pyridine rings is 3. The van der Waals surface area contributed by atoms with Crippen LogP contribution in [0.3, 0.4) is 0 Å². The van der Waals surface area contributed by atoms with Gasteiger partial charge in [0.15, 0.2) is 0 Å². The second-order valence-electron chi connectivity index (χ2n) is 29.2. The molecule has 0 aliphatic heterocycles. The number of thiophene rings is 3. The fourth-order valence-corrected chi connectivity index (χ4v) is 20.5. The second-order valence-corrected chi connectivity index (χ2v) is 32.4. The van der Waals surface area contributed by atoms with Crippen LogP contribution in [0.25, 0.3) is 199 Å². The van der Waals surface area contributed by atoms with Crippen LogP contribution in [-0.4, -0.2) is 28.7 Å². The van der Waals surface area contributed by atoms with Gasteiger partial charge in [-0.1, -0.05) is 194 Å². The maximum atomic E-state index is 4.70. The normalized spacial score (nSPS) is 11.8. The van der Waals surface area contributed by atoms with E-state index in [9.17, 15) is 0 Å². The van der Waals surface area contributed by atoms with Gasteiger partial charge in [0, 0.05) is 98.2 Å². The maximum Gasteiger partial charge on any atom is 0.0888 e. The van der Waals surface area contributed by atoms with Crippen molar-refractivity contribution >= 4 is 160 Å². The lowest BCUT2D eigenvalue weighted by Gasteiger charge is -2.16. The molecular formula is C103H70N6S3. The van der Waals surface area contributed by atoms with Crippen molar-refractivity contribution in [1.82, 2.24) is 28.7 Å². The van der Waals surface area contributed by atoms with E-state index >= 15 is 0 Å². The first-order chi connectivity index (χ1) is 55.2. The lowest BCUT2D eigenvalue weighted by molar-refractivity contribution is 1.14. The quantitative estimate of drug-likeness (QED) is 0.152. The zero-order valence-electron chi connectivity index (χ0n) is 61.9. The molecule has 9 aromatic heterocycles. The van der Waals surface area contributed by atoms with E-state index in [1.54, 1.807) is 11.3 Å². The van der Waals surface area contributed by atoms with Gasteiger partial charge < -0.3 is 13.7 Å². The molecule has 23 aromatic rings. The summed E-state index contributed by atoms with van der Waals surface area (Å²) >= 11 is 5.44. The first-order valence-electron chi connectivity index (χ1n) is 38.0. The lowest BCUT2D eigenvalue weighted by Crippen LogP contribution is -1.99. The summed E-state index contributed by atoms with van der Waals surface area (Å²) in [6.45, 7) is 8.89. The Balaban J connectivity index is 0.000000106. The molecule has 0 saturated carbocycles. The molecule has 0 aliphatic carbocycles. The fraction of sp³-hybridized carbons (Fsp3) is 0.0388. The standard InChI is InChI=1S/C37H26N2S.C35H22N2S.C31H22N2S/c1-23-20-25(26-14-18-35-32(22-26)37-36(40-35)12-7-19-38-37)13-16-28(23)29-17-15-27(21-24(29)2)39-33-10-5-3-8-30(33)31-9-4-6-11-34(31)39;1-2-10-23(11-3-1)24-20-25(27-14-8-15-30-34-33(38-35(27)30)18-9-19-36-34)22-26(21-24)37-31-16-6-4-12-28(31)29-13-5-7-17-32(29)37;1-19-17-28(33-26-10-5-3-8-22(26)23-9-4-6-11-27(23)33)20(2)16-24(19)21-13-14-29-25(18-21)31-30(34-29)12-7-15-32-31/h3-22H,1-2H3;1-22H;3-18H,1-2H3. The number of nitrogens with zero attached hydrogens (tertiary/aromatic N) is 6. The van der Waals surface area contributed by atoms with Gasteiger partial charge in [-0.15, -0.1) is 34.0 Å². The molecule has 0 fully saturated rings. The van der Waals surface area contributed by atoms with Gasteiger partial charge in [0.2, 0.25) is 0 Å². The Labute approximate surface area is 658 Å². The summed E-state index contributed by atoms with van der Waals surface area (Å²) < 4.78 is 14.8. The summed E-state index contributed by atoms with van der Waals surface area (Å²) in [6.07, 6.45) is 5.66. The highest BCUT2D eigenvalue weighted by Crippen LogP contribution is 2.45. The van der Waals surface area contributed by atoms with Gasteiger partial charge in [-0.05, 0) is 245 Å². The zero-order valence-corrected chi connectivity index (χ0v) is 64.3. The number of fused-ring (bicyclic) bond motifs is 18. The lowest BCUT2D eigenvalue weighted by atomic mass is 9.93. The summed E-state index contributed by atoms with van der Waals surface area (Å²) in [4.78, 5) is 14.0. The molecule has 0 spiro atoms. The van der Waals surface area contributed by atoms with E-state index in [-0.39, 0.29) is 0 Å². The van der Waals surface area contributed by atoms with E-state index in [4.69, 9.17) is 4.98 Å². The van der Waals surface area contributed by atoms with Gasteiger partial charge in [0.05, 0.1) is 63.8 Å². The Morgan fingerprint density at radius 3 is 1.17 bits per heavy atom. The second kappa shape index (κ2) is 27.3. The highest BCUT2D eigenvalue weighted by atomic mass is 32.1. The Bertz CT molecular complexity index is 7550. The van der Waals surface area contributed by atoms with E-state index in [1.807, 2.05) is 59.5 Å². The summed E-state index contributed by atoms with van der Waals surface area (Å²) in [6, 6.07) is 121. The molecule has 0 N–H and O–H groups in total. The summed E-state index contributed by atoms with van der Waals surface area (Å²) in [5.74, 6) is 0. The molecule has 0 aliphatic rings. The van der Waals surface area contributed by atoms with Crippen molar-refractivity contribution in [3.05, 3.63) is 374 Å². The molecular weight excluding hydrogens is 1420 g/mol. The number of aromatic nitrogens is 6. The predicted molar refractivity (Wildman–Crippen MR) is 481 cm³/mol. The molecule has 0 radical (unpaired) electrons. The van der Waals surface area contributed by atoms with Gasteiger partial charge >= 0.3 is 0 Å². The number of aryl methyl sites for hydroxylation is 4. The van der Waals surface area contributed by atoms with Crippen LogP contribution in [0.5, 0.6) is 0 Å². The third kappa shape index (κ3) is 11.3. The molecule has 9 heterocycles. The van der Waals surface area contributed by atoms with Gasteiger partial charge in [0.25, 0.3) is 0 Å². The van der Waals surface area contributed by atoms with E-state index in [0.29, 0.717) is 0 Å². The van der Waals surface area contributed by atoms with Crippen LogP contribution in [0.4, 0.5) is 0 Å². The molecule has 0 amide bonds. The smallest absolute Gasteiger partial charge is 0.0888 e. The number of hydrogen-bond acceptors (Lipinski definition) is 6. The molecule has 23 rings (SSSR count). The highest BCUT2D eigenvalue weighted by molar-refractivity contribution is 7.26. The van der Waals surface area contributed by atoms with Crippen molar-refractivity contribution < 1.29 is 0 Å². The monoisotopic (exact) mass is 1490 g/mol. The average Bonchev–Trinajstić information content (AvgIpc) is 1.57. The van der Waals surface area contributed by atoms with Crippen LogP contribution < -0.4 is 0 Å². The first-order valence-corrected chi connectivity index (χ1v) is 40.5. The largest absolute Gasteiger partial charge is 0.309 e. The summed E-state index contributed by atoms with van der Waals surface area (Å²) in [5.41, 5.74) is 31.7. The minimum absolute atomic E-state index is 1.08. The Morgan fingerprint density at radius 1 is 0.214 bits per heavy atom. The highest BCUT2D eigenvalue weighted by Gasteiger charge is 2.21. The molecule has 0 saturated heterocycles. The van der Waals surface area contributed by atoms with Crippen LogP contribution in [0.2, 0.25) is 0 Å². The minimum atomic E-state index is 1.08. The van der Waals surface area contributed by atoms with Crippen molar-refractivity contribution in [2.75, 3.05) is 0 Å². The molecule has 9 heteroatoms. The van der Waals surface area contributed by atoms with Crippen molar-refractivity contribution in [3.63, 3.8) is 0 Å². The predicted octanol–water partition coefficient (Wildman–Crippen LogP) is 29.2. The number of hydrogen-bond donors (Lipinski definition) is 0. The number of para-hydroxylation sites is 6. The third-order valence-electron chi connectivity index (χ3n) is 22.5. The van der Waals surface area contributed by atoms with E-state index in [1.165, 1.54) is 199 Å².